The van der Waals surface area contributed by atoms with Crippen LogP contribution in [-0.4, -0.2) is 30.2 Å². The molecule has 1 amide bonds. The monoisotopic (exact) mass is 473 g/mol. The van der Waals surface area contributed by atoms with Gasteiger partial charge in [0.2, 0.25) is 5.91 Å². The summed E-state index contributed by atoms with van der Waals surface area (Å²) in [5.41, 5.74) is 9.75. The first-order valence-electron chi connectivity index (χ1n) is 10.4. The smallest absolute Gasteiger partial charge is 0.230 e. The van der Waals surface area contributed by atoms with Gasteiger partial charge in [-0.2, -0.15) is 0 Å². The second kappa shape index (κ2) is 9.76. The molecule has 0 saturated heterocycles. The van der Waals surface area contributed by atoms with Gasteiger partial charge in [0.15, 0.2) is 16.6 Å². The fraction of sp³-hybridized carbons (Fsp3) is 0.115. The van der Waals surface area contributed by atoms with Crippen LogP contribution < -0.4 is 24.8 Å². The van der Waals surface area contributed by atoms with Gasteiger partial charge in [-0.25, -0.2) is 0 Å². The van der Waals surface area contributed by atoms with Crippen LogP contribution in [0.15, 0.2) is 72.9 Å². The molecule has 2 aliphatic rings. The SMILES string of the molecule is COc1cc2nccc(Oc3ccc(N(C(C)=O)C(N)=S)cc3)c2cc1OC.c1cc2cc-2c1. The number of fused-ring (bicyclic) bond motifs is 2. The number of methoxy groups -OCH3 is 2. The van der Waals surface area contributed by atoms with E-state index < -0.39 is 0 Å². The minimum Gasteiger partial charge on any atom is -0.493 e. The minimum atomic E-state index is -0.262. The van der Waals surface area contributed by atoms with Gasteiger partial charge in [0.25, 0.3) is 0 Å². The van der Waals surface area contributed by atoms with Crippen LogP contribution in [0.25, 0.3) is 22.0 Å². The summed E-state index contributed by atoms with van der Waals surface area (Å²) in [5, 5.41) is 0.764. The molecule has 1 heterocycles. The van der Waals surface area contributed by atoms with E-state index in [0.29, 0.717) is 34.2 Å². The molecule has 0 aliphatic heterocycles. The Morgan fingerprint density at radius 3 is 2.06 bits per heavy atom. The van der Waals surface area contributed by atoms with Crippen LogP contribution in [0.3, 0.4) is 0 Å². The molecule has 0 unspecified atom stereocenters. The summed E-state index contributed by atoms with van der Waals surface area (Å²) in [6, 6.07) is 20.7. The Morgan fingerprint density at radius 2 is 1.56 bits per heavy atom. The number of hydrogen-bond acceptors (Lipinski definition) is 6. The van der Waals surface area contributed by atoms with Crippen LogP contribution in [0.2, 0.25) is 0 Å². The Labute approximate surface area is 202 Å². The fourth-order valence-corrected chi connectivity index (χ4v) is 3.70. The van der Waals surface area contributed by atoms with Gasteiger partial charge in [-0.3, -0.25) is 14.7 Å². The standard InChI is InChI=1S/C20H19N3O4S.C6H4/c1-12(24)23(20(21)28)13-4-6-14(7-5-13)27-17-8-9-22-16-11-19(26-3)18(25-2)10-15(16)17;1-2-5-4-6(5)3-1/h4-11H,1-3H3,(H2,21,28);1-4H. The molecule has 2 N–H and O–H groups in total. The molecule has 34 heavy (non-hydrogen) atoms. The Bertz CT molecular complexity index is 1340. The number of carbonyl (C=O) groups is 1. The molecule has 2 aromatic carbocycles. The number of carbonyl (C=O) groups excluding carboxylic acids is 1. The van der Waals surface area contributed by atoms with Crippen molar-refractivity contribution in [3.63, 3.8) is 0 Å². The van der Waals surface area contributed by atoms with Crippen molar-refractivity contribution in [1.29, 1.82) is 0 Å². The summed E-state index contributed by atoms with van der Waals surface area (Å²) < 4.78 is 16.7. The third kappa shape index (κ3) is 4.92. The fourth-order valence-electron chi connectivity index (χ4n) is 3.47. The molecule has 0 bridgehead atoms. The van der Waals surface area contributed by atoms with Crippen molar-refractivity contribution >= 4 is 39.8 Å². The van der Waals surface area contributed by atoms with Crippen molar-refractivity contribution in [3.05, 3.63) is 72.9 Å². The molecule has 8 heteroatoms. The van der Waals surface area contributed by atoms with Gasteiger partial charge < -0.3 is 19.9 Å². The Hall–Kier alpha value is -4.17. The lowest BCUT2D eigenvalue weighted by molar-refractivity contribution is -0.115. The lowest BCUT2D eigenvalue weighted by atomic mass is 10.2. The maximum atomic E-state index is 11.7. The molecule has 0 atom stereocenters. The zero-order chi connectivity index (χ0) is 24.2. The number of anilines is 1. The van der Waals surface area contributed by atoms with E-state index in [1.54, 1.807) is 56.8 Å². The van der Waals surface area contributed by atoms with Crippen LogP contribution in [-0.2, 0) is 4.79 Å². The predicted molar refractivity (Wildman–Crippen MR) is 137 cm³/mol. The summed E-state index contributed by atoms with van der Waals surface area (Å²) in [6.07, 6.45) is 1.66. The van der Waals surface area contributed by atoms with Gasteiger partial charge >= 0.3 is 0 Å². The minimum absolute atomic E-state index is 0.0117. The van der Waals surface area contributed by atoms with E-state index in [2.05, 4.69) is 29.2 Å². The summed E-state index contributed by atoms with van der Waals surface area (Å²) in [4.78, 5) is 17.3. The lowest BCUT2D eigenvalue weighted by Crippen LogP contribution is -2.39. The van der Waals surface area contributed by atoms with E-state index in [4.69, 9.17) is 32.2 Å². The summed E-state index contributed by atoms with van der Waals surface area (Å²) in [7, 11) is 3.14. The van der Waals surface area contributed by atoms with Crippen molar-refractivity contribution in [2.24, 2.45) is 5.73 Å². The second-order valence-electron chi connectivity index (χ2n) is 7.40. The highest BCUT2D eigenvalue weighted by Crippen LogP contribution is 2.37. The molecule has 0 fully saturated rings. The van der Waals surface area contributed by atoms with Crippen LogP contribution in [0, 0.1) is 0 Å². The molecule has 7 nitrogen and oxygen atoms in total. The Balaban J connectivity index is 0.000000388. The zero-order valence-electron chi connectivity index (χ0n) is 18.9. The van der Waals surface area contributed by atoms with E-state index in [1.807, 2.05) is 6.07 Å². The lowest BCUT2D eigenvalue weighted by Gasteiger charge is -2.19. The van der Waals surface area contributed by atoms with Gasteiger partial charge in [-0.15, -0.1) is 0 Å². The van der Waals surface area contributed by atoms with Gasteiger partial charge in [0, 0.05) is 24.6 Å². The number of amides is 1. The van der Waals surface area contributed by atoms with Crippen LogP contribution in [0.1, 0.15) is 6.92 Å². The first-order chi connectivity index (χ1) is 16.4. The van der Waals surface area contributed by atoms with E-state index in [-0.39, 0.29) is 11.0 Å². The molecule has 172 valence electrons. The molecular formula is C26H23N3O4S. The van der Waals surface area contributed by atoms with Crippen molar-refractivity contribution in [2.75, 3.05) is 19.1 Å². The number of rotatable bonds is 5. The summed E-state index contributed by atoms with van der Waals surface area (Å²) >= 11 is 4.93. The van der Waals surface area contributed by atoms with Gasteiger partial charge in [-0.1, -0.05) is 18.2 Å². The molecule has 2 aliphatic carbocycles. The molecular weight excluding hydrogens is 450 g/mol. The topological polar surface area (TPSA) is 86.9 Å². The largest absolute Gasteiger partial charge is 0.493 e. The maximum absolute atomic E-state index is 11.7. The number of pyridine rings is 1. The van der Waals surface area contributed by atoms with E-state index >= 15 is 0 Å². The number of aromatic nitrogens is 1. The maximum Gasteiger partial charge on any atom is 0.230 e. The number of thiocarbonyl (C=S) groups is 1. The summed E-state index contributed by atoms with van der Waals surface area (Å²) in [5.74, 6) is 2.10. The normalized spacial score (nSPS) is 10.6. The predicted octanol–water partition coefficient (Wildman–Crippen LogP) is 5.31. The average Bonchev–Trinajstić information content (AvgIpc) is 3.43. The Kier molecular flexibility index (Phi) is 6.60. The van der Waals surface area contributed by atoms with Crippen LogP contribution in [0.4, 0.5) is 5.69 Å². The third-order valence-electron chi connectivity index (χ3n) is 5.18. The van der Waals surface area contributed by atoms with Crippen molar-refractivity contribution in [2.45, 2.75) is 6.92 Å². The summed E-state index contributed by atoms with van der Waals surface area (Å²) in [6.45, 7) is 1.40. The van der Waals surface area contributed by atoms with Crippen molar-refractivity contribution < 1.29 is 19.0 Å². The number of benzene rings is 3. The van der Waals surface area contributed by atoms with Crippen molar-refractivity contribution in [3.8, 4) is 34.1 Å². The van der Waals surface area contributed by atoms with Crippen molar-refractivity contribution in [1.82, 2.24) is 4.98 Å². The van der Waals surface area contributed by atoms with Crippen LogP contribution in [0.5, 0.6) is 23.0 Å². The van der Waals surface area contributed by atoms with Gasteiger partial charge in [0.05, 0.1) is 25.4 Å². The number of hydrogen-bond donors (Lipinski definition) is 1. The average molecular weight is 474 g/mol. The van der Waals surface area contributed by atoms with Gasteiger partial charge in [0.1, 0.15) is 11.5 Å². The number of nitrogens with zero attached hydrogens (tertiary/aromatic N) is 2. The van der Waals surface area contributed by atoms with E-state index in [9.17, 15) is 4.79 Å². The second-order valence-corrected chi connectivity index (χ2v) is 7.82. The molecule has 0 saturated carbocycles. The van der Waals surface area contributed by atoms with E-state index in [1.165, 1.54) is 23.0 Å². The molecule has 1 aromatic heterocycles. The Morgan fingerprint density at radius 1 is 0.912 bits per heavy atom. The molecule has 0 spiro atoms. The highest BCUT2D eigenvalue weighted by molar-refractivity contribution is 7.80. The van der Waals surface area contributed by atoms with Gasteiger partial charge in [-0.05, 0) is 65.8 Å². The quantitative estimate of drug-likeness (QED) is 0.346. The zero-order valence-corrected chi connectivity index (χ0v) is 19.8. The highest BCUT2D eigenvalue weighted by atomic mass is 32.1. The van der Waals surface area contributed by atoms with Crippen LogP contribution >= 0.6 is 12.2 Å². The van der Waals surface area contributed by atoms with E-state index in [0.717, 1.165) is 5.39 Å². The first kappa shape index (κ1) is 23.0. The molecule has 0 radical (unpaired) electrons. The highest BCUT2D eigenvalue weighted by Gasteiger charge is 2.15. The molecule has 3 aromatic rings. The molecule has 5 rings (SSSR count). The number of ether oxygens (including phenoxy) is 3. The first-order valence-corrected chi connectivity index (χ1v) is 10.8. The third-order valence-corrected chi connectivity index (χ3v) is 5.36. The number of nitrogens with two attached hydrogens (primary N) is 1.